The molecule has 2 aromatic carbocycles. The SMILES string of the molecule is O=C1CC[C@@H](CN2C(=O)COc3cc(-c4cccc(-c5cccc(-c6cnc7c(c6)OCC(=O)N7C[C@@H]6CCC(=O)N6)c5Cl)c4Cl)cnc32)N1. The van der Waals surface area contributed by atoms with Crippen LogP contribution in [0, 0.1) is 0 Å². The van der Waals surface area contributed by atoms with Crippen LogP contribution in [-0.2, 0) is 19.2 Å². The highest BCUT2D eigenvalue weighted by Gasteiger charge is 2.34. The van der Waals surface area contributed by atoms with Crippen molar-refractivity contribution in [2.45, 2.75) is 37.8 Å². The van der Waals surface area contributed by atoms with Crippen LogP contribution in [0.1, 0.15) is 25.7 Å². The van der Waals surface area contributed by atoms with Crippen molar-refractivity contribution in [2.24, 2.45) is 0 Å². The Bertz CT molecular complexity index is 1950. The standard InChI is InChI=1S/C36H30Cl2N6O6/c37-33-23(19-11-27-35(39-13-19)43(31(47)17-49-27)15-21-7-9-29(45)41-21)3-1-5-25(33)26-6-2-4-24(34(26)38)20-12-28-36(40-14-20)44(32(48)18-50-28)16-22-8-10-30(46)42-22/h1-6,11-14,21-22H,7-10,15-18H2,(H,41,45)(H,42,46)/t21-,22-/m0/s1. The molecule has 50 heavy (non-hydrogen) atoms. The maximum Gasteiger partial charge on any atom is 0.266 e. The van der Waals surface area contributed by atoms with Crippen LogP contribution in [0.2, 0.25) is 10.0 Å². The van der Waals surface area contributed by atoms with Crippen LogP contribution in [0.3, 0.4) is 0 Å². The predicted molar refractivity (Wildman–Crippen MR) is 186 cm³/mol. The van der Waals surface area contributed by atoms with Gasteiger partial charge in [0.2, 0.25) is 11.8 Å². The maximum absolute atomic E-state index is 12.7. The van der Waals surface area contributed by atoms with Crippen molar-refractivity contribution in [1.29, 1.82) is 0 Å². The highest BCUT2D eigenvalue weighted by atomic mass is 35.5. The van der Waals surface area contributed by atoms with Crippen LogP contribution in [-0.4, -0.2) is 72.0 Å². The van der Waals surface area contributed by atoms with Gasteiger partial charge in [-0.2, -0.15) is 0 Å². The molecule has 2 N–H and O–H groups in total. The van der Waals surface area contributed by atoms with Gasteiger partial charge in [0.1, 0.15) is 0 Å². The van der Waals surface area contributed by atoms with Crippen LogP contribution in [0.5, 0.6) is 11.5 Å². The summed E-state index contributed by atoms with van der Waals surface area (Å²) in [6.07, 6.45) is 5.48. The molecule has 12 nitrogen and oxygen atoms in total. The van der Waals surface area contributed by atoms with E-state index in [1.54, 1.807) is 22.2 Å². The number of nitrogens with one attached hydrogen (secondary N) is 2. The number of ether oxygens (including phenoxy) is 2. The fourth-order valence-corrected chi connectivity index (χ4v) is 7.50. The van der Waals surface area contributed by atoms with E-state index in [1.165, 1.54) is 0 Å². The van der Waals surface area contributed by atoms with E-state index in [0.717, 1.165) is 0 Å². The number of hydrogen-bond donors (Lipinski definition) is 2. The fraction of sp³-hybridized carbons (Fsp3) is 0.278. The van der Waals surface area contributed by atoms with Gasteiger partial charge in [0.25, 0.3) is 11.8 Å². The molecule has 0 saturated carbocycles. The molecule has 0 spiro atoms. The normalized spacial score (nSPS) is 19.8. The van der Waals surface area contributed by atoms with Crippen LogP contribution in [0.25, 0.3) is 33.4 Å². The molecule has 4 aliphatic heterocycles. The van der Waals surface area contributed by atoms with Gasteiger partial charge in [-0.3, -0.25) is 29.0 Å². The molecule has 4 aromatic rings. The maximum atomic E-state index is 12.7. The number of carbonyl (C=O) groups excluding carboxylic acids is 4. The Morgan fingerprint density at radius 1 is 0.660 bits per heavy atom. The van der Waals surface area contributed by atoms with Crippen molar-refractivity contribution in [3.8, 4) is 44.9 Å². The summed E-state index contributed by atoms with van der Waals surface area (Å²) in [6, 6.07) is 14.6. The van der Waals surface area contributed by atoms with E-state index in [1.807, 2.05) is 48.5 Å². The lowest BCUT2D eigenvalue weighted by molar-refractivity contribution is -0.122. The number of pyridine rings is 2. The number of aromatic nitrogens is 2. The highest BCUT2D eigenvalue weighted by Crippen LogP contribution is 2.44. The van der Waals surface area contributed by atoms with Crippen molar-refractivity contribution in [2.75, 3.05) is 36.1 Å². The number of amides is 4. The van der Waals surface area contributed by atoms with E-state index in [9.17, 15) is 19.2 Å². The van der Waals surface area contributed by atoms with Gasteiger partial charge in [-0.05, 0) is 25.0 Å². The third-order valence-corrected chi connectivity index (χ3v) is 10.2. The minimum atomic E-state index is -0.223. The lowest BCUT2D eigenvalue weighted by atomic mass is 9.96. The topological polar surface area (TPSA) is 143 Å². The van der Waals surface area contributed by atoms with Gasteiger partial charge in [-0.1, -0.05) is 59.6 Å². The first-order chi connectivity index (χ1) is 24.2. The summed E-state index contributed by atoms with van der Waals surface area (Å²) >= 11 is 14.2. The third-order valence-electron chi connectivity index (χ3n) is 9.37. The number of anilines is 2. The summed E-state index contributed by atoms with van der Waals surface area (Å²) in [5.74, 6) is 1.20. The van der Waals surface area contributed by atoms with Gasteiger partial charge in [0.05, 0.1) is 10.0 Å². The minimum Gasteiger partial charge on any atom is -0.480 e. The zero-order chi connectivity index (χ0) is 34.5. The van der Waals surface area contributed by atoms with Crippen LogP contribution >= 0.6 is 23.2 Å². The third kappa shape index (κ3) is 5.88. The molecule has 0 radical (unpaired) electrons. The highest BCUT2D eigenvalue weighted by molar-refractivity contribution is 6.39. The van der Waals surface area contributed by atoms with Gasteiger partial charge in [0, 0.05) is 83.8 Å². The molecule has 8 rings (SSSR count). The molecule has 14 heteroatoms. The fourth-order valence-electron chi connectivity index (χ4n) is 6.83. The number of carbonyl (C=O) groups is 4. The Morgan fingerprint density at radius 2 is 1.08 bits per heavy atom. The molecule has 2 atom stereocenters. The minimum absolute atomic E-state index is 0.0231. The molecule has 2 aromatic heterocycles. The zero-order valence-corrected chi connectivity index (χ0v) is 28.1. The van der Waals surface area contributed by atoms with Gasteiger partial charge >= 0.3 is 0 Å². The van der Waals surface area contributed by atoms with E-state index in [-0.39, 0.29) is 48.9 Å². The van der Waals surface area contributed by atoms with Crippen LogP contribution in [0.15, 0.2) is 60.9 Å². The quantitative estimate of drug-likeness (QED) is 0.279. The summed E-state index contributed by atoms with van der Waals surface area (Å²) < 4.78 is 11.6. The van der Waals surface area contributed by atoms with Gasteiger partial charge < -0.3 is 20.1 Å². The van der Waals surface area contributed by atoms with Crippen molar-refractivity contribution >= 4 is 58.5 Å². The second-order valence-electron chi connectivity index (χ2n) is 12.6. The number of benzene rings is 2. The van der Waals surface area contributed by atoms with E-state index < -0.39 is 0 Å². The average molecular weight is 714 g/mol. The molecule has 4 aliphatic rings. The van der Waals surface area contributed by atoms with Crippen molar-refractivity contribution in [3.63, 3.8) is 0 Å². The summed E-state index contributed by atoms with van der Waals surface area (Å²) in [6.45, 7) is 0.372. The lowest BCUT2D eigenvalue weighted by Gasteiger charge is -2.30. The van der Waals surface area contributed by atoms with Crippen LogP contribution in [0.4, 0.5) is 11.6 Å². The Labute approximate surface area is 296 Å². The van der Waals surface area contributed by atoms with Crippen molar-refractivity contribution < 1.29 is 28.7 Å². The first-order valence-electron chi connectivity index (χ1n) is 16.3. The molecule has 2 fully saturated rings. The smallest absolute Gasteiger partial charge is 0.266 e. The number of hydrogen-bond acceptors (Lipinski definition) is 8. The lowest BCUT2D eigenvalue weighted by Crippen LogP contribution is -2.46. The largest absolute Gasteiger partial charge is 0.480 e. The Balaban J connectivity index is 1.08. The summed E-state index contributed by atoms with van der Waals surface area (Å²) in [7, 11) is 0. The van der Waals surface area contributed by atoms with E-state index in [2.05, 4.69) is 20.6 Å². The molecule has 0 unspecified atom stereocenters. The molecule has 2 saturated heterocycles. The number of rotatable bonds is 7. The van der Waals surface area contributed by atoms with Crippen molar-refractivity contribution in [3.05, 3.63) is 71.0 Å². The predicted octanol–water partition coefficient (Wildman–Crippen LogP) is 4.79. The Kier molecular flexibility index (Phi) is 8.28. The van der Waals surface area contributed by atoms with E-state index in [0.29, 0.717) is 105 Å². The molecular formula is C36H30Cl2N6O6. The number of halogens is 2. The van der Waals surface area contributed by atoms with Crippen LogP contribution < -0.4 is 29.9 Å². The Morgan fingerprint density at radius 3 is 1.48 bits per heavy atom. The average Bonchev–Trinajstić information content (AvgIpc) is 3.73. The first kappa shape index (κ1) is 32.0. The van der Waals surface area contributed by atoms with Gasteiger partial charge in [-0.25, -0.2) is 9.97 Å². The molecular weight excluding hydrogens is 683 g/mol. The number of fused-ring (bicyclic) bond motifs is 2. The monoisotopic (exact) mass is 712 g/mol. The van der Waals surface area contributed by atoms with Gasteiger partial charge in [0.15, 0.2) is 36.3 Å². The number of nitrogens with zero attached hydrogens (tertiary/aromatic N) is 4. The van der Waals surface area contributed by atoms with E-state index in [4.69, 9.17) is 32.7 Å². The second kappa shape index (κ2) is 12.9. The molecule has 254 valence electrons. The summed E-state index contributed by atoms with van der Waals surface area (Å²) in [4.78, 5) is 61.3. The first-order valence-corrected chi connectivity index (χ1v) is 17.0. The summed E-state index contributed by atoms with van der Waals surface area (Å²) in [5, 5.41) is 6.71. The summed E-state index contributed by atoms with van der Waals surface area (Å²) in [5.41, 5.74) is 4.17. The second-order valence-corrected chi connectivity index (χ2v) is 13.4. The molecule has 0 bridgehead atoms. The molecule has 0 aliphatic carbocycles. The van der Waals surface area contributed by atoms with Crippen molar-refractivity contribution in [1.82, 2.24) is 20.6 Å². The van der Waals surface area contributed by atoms with E-state index >= 15 is 0 Å². The van der Waals surface area contributed by atoms with Gasteiger partial charge in [-0.15, -0.1) is 0 Å². The Hall–Kier alpha value is -5.20. The zero-order valence-electron chi connectivity index (χ0n) is 26.6. The molecule has 4 amide bonds. The molecule has 6 heterocycles.